The molecule has 0 fully saturated rings. The summed E-state index contributed by atoms with van der Waals surface area (Å²) in [5.74, 6) is 0.195. The van der Waals surface area contributed by atoms with E-state index in [0.717, 1.165) is 0 Å². The van der Waals surface area contributed by atoms with Crippen LogP contribution in [0.3, 0.4) is 0 Å². The van der Waals surface area contributed by atoms with Gasteiger partial charge in [0.2, 0.25) is 0 Å². The third-order valence-corrected chi connectivity index (χ3v) is 3.52. The Morgan fingerprint density at radius 2 is 1.56 bits per heavy atom. The molecule has 0 saturated carbocycles. The Bertz CT molecular complexity index is 255. The van der Waals surface area contributed by atoms with Gasteiger partial charge in [-0.3, -0.25) is 4.57 Å². The van der Waals surface area contributed by atoms with Gasteiger partial charge in [0, 0.05) is 5.88 Å². The van der Waals surface area contributed by atoms with Gasteiger partial charge >= 0.3 is 7.60 Å². The number of halogens is 1. The van der Waals surface area contributed by atoms with E-state index >= 15 is 0 Å². The van der Waals surface area contributed by atoms with Gasteiger partial charge in [-0.1, -0.05) is 0 Å². The molecule has 0 saturated heterocycles. The van der Waals surface area contributed by atoms with Crippen LogP contribution in [-0.2, 0) is 18.7 Å². The fourth-order valence-corrected chi connectivity index (χ4v) is 2.98. The summed E-state index contributed by atoms with van der Waals surface area (Å²) in [6.45, 7) is 10.8. The van der Waals surface area contributed by atoms with Gasteiger partial charge in [0.1, 0.15) is 0 Å². The van der Waals surface area contributed by atoms with Gasteiger partial charge in [0.15, 0.2) is 0 Å². The van der Waals surface area contributed by atoms with Crippen molar-refractivity contribution in [2.24, 2.45) is 0 Å². The van der Waals surface area contributed by atoms with Crippen LogP contribution >= 0.6 is 19.2 Å². The summed E-state index contributed by atoms with van der Waals surface area (Å²) in [5.41, 5.74) is -1.11. The number of rotatable bonds is 5. The summed E-state index contributed by atoms with van der Waals surface area (Å²) in [6, 6.07) is 0. The zero-order valence-corrected chi connectivity index (χ0v) is 12.5. The molecule has 4 nitrogen and oxygen atoms in total. The standard InChI is InChI=1S/C10H22ClO4P/c1-9(2,3)13-15-16(12,8-7-11)14-10(4,5)6/h7-8H2,1-6H3. The SMILES string of the molecule is CC(C)(C)OOP(=O)(CCCl)OC(C)(C)C. The highest BCUT2D eigenvalue weighted by Gasteiger charge is 2.33. The second kappa shape index (κ2) is 5.83. The van der Waals surface area contributed by atoms with E-state index < -0.39 is 18.8 Å². The molecular weight excluding hydrogens is 251 g/mol. The molecule has 0 aromatic rings. The van der Waals surface area contributed by atoms with Crippen molar-refractivity contribution in [1.82, 2.24) is 0 Å². The molecule has 0 spiro atoms. The van der Waals surface area contributed by atoms with Crippen molar-refractivity contribution in [3.05, 3.63) is 0 Å². The Labute approximate surface area is 103 Å². The molecule has 0 amide bonds. The third-order valence-electron chi connectivity index (χ3n) is 1.17. The molecule has 0 rings (SSSR count). The van der Waals surface area contributed by atoms with Crippen molar-refractivity contribution < 1.29 is 18.7 Å². The molecule has 6 heteroatoms. The van der Waals surface area contributed by atoms with Crippen molar-refractivity contribution >= 4 is 19.2 Å². The molecule has 0 aliphatic rings. The first-order valence-electron chi connectivity index (χ1n) is 5.21. The average Bonchev–Trinajstić information content (AvgIpc) is 1.96. The number of hydrogen-bond acceptors (Lipinski definition) is 4. The van der Waals surface area contributed by atoms with Crippen molar-refractivity contribution in [3.63, 3.8) is 0 Å². The van der Waals surface area contributed by atoms with E-state index in [1.165, 1.54) is 0 Å². The first kappa shape index (κ1) is 16.4. The van der Waals surface area contributed by atoms with Crippen LogP contribution in [0.15, 0.2) is 0 Å². The van der Waals surface area contributed by atoms with Crippen LogP contribution in [0.4, 0.5) is 0 Å². The molecule has 0 aromatic heterocycles. The van der Waals surface area contributed by atoms with Crippen molar-refractivity contribution in [3.8, 4) is 0 Å². The zero-order chi connectivity index (χ0) is 13.0. The second-order valence-corrected chi connectivity index (χ2v) is 7.88. The lowest BCUT2D eigenvalue weighted by molar-refractivity contribution is -0.282. The maximum atomic E-state index is 12.2. The van der Waals surface area contributed by atoms with Gasteiger partial charge in [-0.15, -0.1) is 16.3 Å². The highest BCUT2D eigenvalue weighted by molar-refractivity contribution is 7.53. The van der Waals surface area contributed by atoms with E-state index in [1.807, 2.05) is 0 Å². The fourth-order valence-electron chi connectivity index (χ4n) is 0.787. The Morgan fingerprint density at radius 1 is 1.06 bits per heavy atom. The molecule has 0 radical (unpaired) electrons. The lowest BCUT2D eigenvalue weighted by atomic mass is 10.2. The predicted molar refractivity (Wildman–Crippen MR) is 66.0 cm³/mol. The zero-order valence-electron chi connectivity index (χ0n) is 10.9. The van der Waals surface area contributed by atoms with Crippen LogP contribution in [0.5, 0.6) is 0 Å². The highest BCUT2D eigenvalue weighted by Crippen LogP contribution is 2.52. The number of hydrogen-bond donors (Lipinski definition) is 0. The predicted octanol–water partition coefficient (Wildman–Crippen LogP) is 3.98. The van der Waals surface area contributed by atoms with E-state index in [0.29, 0.717) is 0 Å². The summed E-state index contributed by atoms with van der Waals surface area (Å²) < 4.78 is 22.6. The van der Waals surface area contributed by atoms with E-state index in [1.54, 1.807) is 41.5 Å². The maximum absolute atomic E-state index is 12.2. The molecule has 1 unspecified atom stereocenters. The van der Waals surface area contributed by atoms with Gasteiger partial charge in [-0.25, -0.2) is 4.89 Å². The summed E-state index contributed by atoms with van der Waals surface area (Å²) in [4.78, 5) is 5.05. The monoisotopic (exact) mass is 272 g/mol. The lowest BCUT2D eigenvalue weighted by Crippen LogP contribution is -2.23. The van der Waals surface area contributed by atoms with Gasteiger partial charge in [0.05, 0.1) is 17.4 Å². The molecule has 0 aliphatic heterocycles. The quantitative estimate of drug-likeness (QED) is 0.329. The van der Waals surface area contributed by atoms with Gasteiger partial charge < -0.3 is 4.52 Å². The molecule has 0 bridgehead atoms. The normalized spacial score (nSPS) is 17.2. The van der Waals surface area contributed by atoms with Crippen LogP contribution < -0.4 is 0 Å². The molecule has 1 atom stereocenters. The largest absolute Gasteiger partial charge is 0.359 e. The smallest absolute Gasteiger partial charge is 0.301 e. The van der Waals surface area contributed by atoms with Crippen molar-refractivity contribution in [2.75, 3.05) is 12.0 Å². The summed E-state index contributed by atoms with van der Waals surface area (Å²) in [5, 5.41) is 0. The van der Waals surface area contributed by atoms with E-state index in [4.69, 9.17) is 25.7 Å². The van der Waals surface area contributed by atoms with Crippen LogP contribution in [0.2, 0.25) is 0 Å². The van der Waals surface area contributed by atoms with E-state index in [2.05, 4.69) is 0 Å². The van der Waals surface area contributed by atoms with Crippen LogP contribution in [0.1, 0.15) is 41.5 Å². The maximum Gasteiger partial charge on any atom is 0.359 e. The summed E-state index contributed by atoms with van der Waals surface area (Å²) in [7, 11) is -3.29. The van der Waals surface area contributed by atoms with Crippen molar-refractivity contribution in [1.29, 1.82) is 0 Å². The molecule has 16 heavy (non-hydrogen) atoms. The van der Waals surface area contributed by atoms with Crippen LogP contribution in [-0.4, -0.2) is 23.2 Å². The first-order valence-corrected chi connectivity index (χ1v) is 7.47. The van der Waals surface area contributed by atoms with Crippen LogP contribution in [0.25, 0.3) is 0 Å². The minimum atomic E-state index is -3.29. The lowest BCUT2D eigenvalue weighted by Gasteiger charge is -2.28. The minimum Gasteiger partial charge on any atom is -0.301 e. The second-order valence-electron chi connectivity index (χ2n) is 5.50. The molecular formula is C10H22ClO4P. The third kappa shape index (κ3) is 8.54. The summed E-state index contributed by atoms with van der Waals surface area (Å²) >= 11 is 5.58. The molecule has 98 valence electrons. The summed E-state index contributed by atoms with van der Waals surface area (Å²) in [6.07, 6.45) is 0.127. The Hall–Kier alpha value is 0.400. The molecule has 0 aromatic carbocycles. The average molecular weight is 273 g/mol. The van der Waals surface area contributed by atoms with E-state index in [-0.39, 0.29) is 12.0 Å². The minimum absolute atomic E-state index is 0.127. The Balaban J connectivity index is 4.52. The highest BCUT2D eigenvalue weighted by atomic mass is 35.5. The number of alkyl halides is 1. The first-order chi connectivity index (χ1) is 6.97. The van der Waals surface area contributed by atoms with Crippen molar-refractivity contribution in [2.45, 2.75) is 52.7 Å². The van der Waals surface area contributed by atoms with Gasteiger partial charge in [-0.2, -0.15) is 0 Å². The van der Waals surface area contributed by atoms with Gasteiger partial charge in [0.25, 0.3) is 0 Å². The Morgan fingerprint density at radius 3 is 1.88 bits per heavy atom. The topological polar surface area (TPSA) is 44.8 Å². The Kier molecular flexibility index (Phi) is 5.98. The molecule has 0 heterocycles. The van der Waals surface area contributed by atoms with E-state index in [9.17, 15) is 4.57 Å². The molecule has 0 N–H and O–H groups in total. The van der Waals surface area contributed by atoms with Crippen LogP contribution in [0, 0.1) is 0 Å². The van der Waals surface area contributed by atoms with Gasteiger partial charge in [-0.05, 0) is 41.5 Å². The molecule has 0 aliphatic carbocycles. The fraction of sp³-hybridized carbons (Fsp3) is 1.00.